The number of likely N-dealkylation sites (tertiary alicyclic amines) is 1. The number of carbonyl (C=O) groups excluding carboxylic acids is 1. The number of nitrogens with zero attached hydrogens (tertiary/aromatic N) is 4. The van der Waals surface area contributed by atoms with Crippen LogP contribution in [0.25, 0.3) is 0 Å². The van der Waals surface area contributed by atoms with Gasteiger partial charge in [-0.25, -0.2) is 9.78 Å². The van der Waals surface area contributed by atoms with Crippen LogP contribution >= 0.6 is 0 Å². The van der Waals surface area contributed by atoms with E-state index in [9.17, 15) is 14.7 Å². The molecule has 0 atom stereocenters. The number of carboxylic acids is 1. The molecule has 7 heteroatoms. The zero-order valence-electron chi connectivity index (χ0n) is 13.6. The van der Waals surface area contributed by atoms with Gasteiger partial charge in [0.2, 0.25) is 5.91 Å². The second-order valence-electron chi connectivity index (χ2n) is 6.06. The maximum Gasteiger partial charge on any atom is 0.330 e. The summed E-state index contributed by atoms with van der Waals surface area (Å²) in [6, 6.07) is 5.48. The molecule has 1 fully saturated rings. The minimum absolute atomic E-state index is 0.0185. The van der Waals surface area contributed by atoms with Gasteiger partial charge < -0.3 is 14.6 Å². The lowest BCUT2D eigenvalue weighted by atomic mass is 9.86. The molecule has 1 aliphatic heterocycles. The van der Waals surface area contributed by atoms with Crippen molar-refractivity contribution in [3.8, 4) is 0 Å². The van der Waals surface area contributed by atoms with E-state index in [0.717, 1.165) is 5.69 Å². The molecule has 2 aromatic heterocycles. The SMILES string of the molecule is Cc1nccn1C1(C(=O)O)CCN(C(=O)Cc2ccccn2)CC1. The van der Waals surface area contributed by atoms with Gasteiger partial charge in [-0.05, 0) is 31.9 Å². The summed E-state index contributed by atoms with van der Waals surface area (Å²) >= 11 is 0. The Hall–Kier alpha value is -2.70. The predicted octanol–water partition coefficient (Wildman–Crippen LogP) is 1.23. The van der Waals surface area contributed by atoms with Crippen LogP contribution in [0, 0.1) is 6.92 Å². The molecule has 1 saturated heterocycles. The van der Waals surface area contributed by atoms with E-state index in [0.29, 0.717) is 31.8 Å². The van der Waals surface area contributed by atoms with Crippen molar-refractivity contribution in [1.29, 1.82) is 0 Å². The molecule has 1 N–H and O–H groups in total. The molecule has 0 saturated carbocycles. The monoisotopic (exact) mass is 328 g/mol. The zero-order valence-corrected chi connectivity index (χ0v) is 13.6. The topological polar surface area (TPSA) is 88.3 Å². The van der Waals surface area contributed by atoms with Gasteiger partial charge in [-0.2, -0.15) is 0 Å². The van der Waals surface area contributed by atoms with Gasteiger partial charge in [-0.1, -0.05) is 6.07 Å². The normalized spacial score (nSPS) is 16.8. The minimum Gasteiger partial charge on any atom is -0.479 e. The second-order valence-corrected chi connectivity index (χ2v) is 6.06. The lowest BCUT2D eigenvalue weighted by Crippen LogP contribution is -2.52. The number of carbonyl (C=O) groups is 2. The number of hydrogen-bond acceptors (Lipinski definition) is 4. The smallest absolute Gasteiger partial charge is 0.330 e. The Bertz CT molecular complexity index is 733. The Morgan fingerprint density at radius 1 is 1.21 bits per heavy atom. The van der Waals surface area contributed by atoms with Gasteiger partial charge in [-0.3, -0.25) is 9.78 Å². The molecule has 0 aromatic carbocycles. The number of amides is 1. The van der Waals surface area contributed by atoms with Crippen LogP contribution in [0.2, 0.25) is 0 Å². The summed E-state index contributed by atoms with van der Waals surface area (Å²) < 4.78 is 1.72. The first-order valence-electron chi connectivity index (χ1n) is 7.94. The summed E-state index contributed by atoms with van der Waals surface area (Å²) in [5.74, 6) is -0.221. The summed E-state index contributed by atoms with van der Waals surface area (Å²) in [4.78, 5) is 34.4. The number of imidazole rings is 1. The Labute approximate surface area is 140 Å². The van der Waals surface area contributed by atoms with Crippen LogP contribution in [-0.2, 0) is 21.5 Å². The molecule has 1 aliphatic rings. The van der Waals surface area contributed by atoms with E-state index in [-0.39, 0.29) is 12.3 Å². The Balaban J connectivity index is 1.71. The highest BCUT2D eigenvalue weighted by Gasteiger charge is 2.44. The summed E-state index contributed by atoms with van der Waals surface area (Å²) in [7, 11) is 0. The van der Waals surface area contributed by atoms with E-state index in [1.54, 1.807) is 35.0 Å². The van der Waals surface area contributed by atoms with Crippen molar-refractivity contribution >= 4 is 11.9 Å². The number of aryl methyl sites for hydroxylation is 1. The van der Waals surface area contributed by atoms with E-state index in [2.05, 4.69) is 9.97 Å². The van der Waals surface area contributed by atoms with E-state index < -0.39 is 11.5 Å². The van der Waals surface area contributed by atoms with Crippen LogP contribution in [0.3, 0.4) is 0 Å². The molecular formula is C17H20N4O3. The molecule has 3 heterocycles. The van der Waals surface area contributed by atoms with Gasteiger partial charge in [0.25, 0.3) is 0 Å². The predicted molar refractivity (Wildman–Crippen MR) is 86.3 cm³/mol. The third-order valence-electron chi connectivity index (χ3n) is 4.69. The zero-order chi connectivity index (χ0) is 17.2. The van der Waals surface area contributed by atoms with Crippen LogP contribution in [0.1, 0.15) is 24.4 Å². The Kier molecular flexibility index (Phi) is 4.33. The fraction of sp³-hybridized carbons (Fsp3) is 0.412. The molecule has 2 aromatic rings. The number of pyridine rings is 1. The first kappa shape index (κ1) is 16.2. The van der Waals surface area contributed by atoms with Gasteiger partial charge >= 0.3 is 5.97 Å². The van der Waals surface area contributed by atoms with Crippen molar-refractivity contribution in [2.75, 3.05) is 13.1 Å². The molecule has 0 aliphatic carbocycles. The van der Waals surface area contributed by atoms with E-state index in [1.807, 2.05) is 18.2 Å². The van der Waals surface area contributed by atoms with Crippen molar-refractivity contribution in [3.05, 3.63) is 48.3 Å². The average molecular weight is 328 g/mol. The van der Waals surface area contributed by atoms with Gasteiger partial charge in [0, 0.05) is 37.4 Å². The highest BCUT2D eigenvalue weighted by Crippen LogP contribution is 2.32. The third kappa shape index (κ3) is 2.89. The number of carboxylic acid groups (broad SMARTS) is 1. The average Bonchev–Trinajstić information content (AvgIpc) is 3.02. The van der Waals surface area contributed by atoms with E-state index in [1.165, 1.54) is 0 Å². The summed E-state index contributed by atoms with van der Waals surface area (Å²) in [6.45, 7) is 2.62. The molecule has 0 bridgehead atoms. The van der Waals surface area contributed by atoms with E-state index in [4.69, 9.17) is 0 Å². The standard InChI is InChI=1S/C17H20N4O3/c1-13-18-8-11-21(13)17(16(23)24)5-9-20(10-6-17)15(22)12-14-4-2-3-7-19-14/h2-4,7-8,11H,5-6,9-10,12H2,1H3,(H,23,24). The van der Waals surface area contributed by atoms with Crippen LogP contribution in [0.4, 0.5) is 0 Å². The van der Waals surface area contributed by atoms with Crippen molar-refractivity contribution in [2.24, 2.45) is 0 Å². The number of aliphatic carboxylic acids is 1. The maximum absolute atomic E-state index is 12.4. The fourth-order valence-electron chi connectivity index (χ4n) is 3.28. The van der Waals surface area contributed by atoms with Crippen molar-refractivity contribution in [2.45, 2.75) is 31.7 Å². The van der Waals surface area contributed by atoms with Gasteiger partial charge in [-0.15, -0.1) is 0 Å². The Morgan fingerprint density at radius 3 is 2.50 bits per heavy atom. The van der Waals surface area contributed by atoms with Crippen molar-refractivity contribution < 1.29 is 14.7 Å². The highest BCUT2D eigenvalue weighted by molar-refractivity contribution is 5.80. The van der Waals surface area contributed by atoms with Gasteiger partial charge in [0.15, 0.2) is 0 Å². The number of rotatable bonds is 4. The highest BCUT2D eigenvalue weighted by atomic mass is 16.4. The Morgan fingerprint density at radius 2 is 1.96 bits per heavy atom. The first-order chi connectivity index (χ1) is 11.5. The number of hydrogen-bond donors (Lipinski definition) is 1. The van der Waals surface area contributed by atoms with Crippen LogP contribution in [0.15, 0.2) is 36.8 Å². The summed E-state index contributed by atoms with van der Waals surface area (Å²) in [5.41, 5.74) is -0.300. The minimum atomic E-state index is -1.03. The quantitative estimate of drug-likeness (QED) is 0.912. The molecule has 0 spiro atoms. The van der Waals surface area contributed by atoms with E-state index >= 15 is 0 Å². The molecule has 0 unspecified atom stereocenters. The number of aromatic nitrogens is 3. The van der Waals surface area contributed by atoms with Gasteiger partial charge in [0.1, 0.15) is 11.4 Å². The summed E-state index contributed by atoms with van der Waals surface area (Å²) in [5, 5.41) is 9.78. The van der Waals surface area contributed by atoms with Crippen LogP contribution in [-0.4, -0.2) is 49.5 Å². The molecule has 1 amide bonds. The van der Waals surface area contributed by atoms with Crippen LogP contribution < -0.4 is 0 Å². The van der Waals surface area contributed by atoms with Crippen molar-refractivity contribution in [1.82, 2.24) is 19.4 Å². The van der Waals surface area contributed by atoms with Crippen molar-refractivity contribution in [3.63, 3.8) is 0 Å². The molecule has 3 rings (SSSR count). The fourth-order valence-corrected chi connectivity index (χ4v) is 3.28. The largest absolute Gasteiger partial charge is 0.479 e. The third-order valence-corrected chi connectivity index (χ3v) is 4.69. The number of piperidine rings is 1. The molecule has 126 valence electrons. The van der Waals surface area contributed by atoms with Crippen LogP contribution in [0.5, 0.6) is 0 Å². The first-order valence-corrected chi connectivity index (χ1v) is 7.94. The lowest BCUT2D eigenvalue weighted by Gasteiger charge is -2.40. The molecule has 24 heavy (non-hydrogen) atoms. The molecule has 7 nitrogen and oxygen atoms in total. The molecule has 0 radical (unpaired) electrons. The molecular weight excluding hydrogens is 308 g/mol. The maximum atomic E-state index is 12.4. The summed E-state index contributed by atoms with van der Waals surface area (Å²) in [6.07, 6.45) is 5.95. The lowest BCUT2D eigenvalue weighted by molar-refractivity contribution is -0.152. The second kappa shape index (κ2) is 6.43. The van der Waals surface area contributed by atoms with Gasteiger partial charge in [0.05, 0.1) is 6.42 Å².